The van der Waals surface area contributed by atoms with E-state index in [2.05, 4.69) is 20.4 Å². The molecule has 1 N–H and O–H groups in total. The van der Waals surface area contributed by atoms with Gasteiger partial charge in [0.15, 0.2) is 5.82 Å². The lowest BCUT2D eigenvalue weighted by atomic mass is 10.2. The van der Waals surface area contributed by atoms with Crippen LogP contribution in [0.4, 0.5) is 0 Å². The van der Waals surface area contributed by atoms with Gasteiger partial charge < -0.3 is 14.6 Å². The summed E-state index contributed by atoms with van der Waals surface area (Å²) in [5.41, 5.74) is 0.855. The zero-order chi connectivity index (χ0) is 15.1. The largest absolute Gasteiger partial charge is 0.384 e. The summed E-state index contributed by atoms with van der Waals surface area (Å²) in [5.74, 6) is 0.841. The van der Waals surface area contributed by atoms with Crippen LogP contribution in [0.15, 0.2) is 29.0 Å². The average Bonchev–Trinajstić information content (AvgIpc) is 2.95. The zero-order valence-corrected chi connectivity index (χ0v) is 12.1. The van der Waals surface area contributed by atoms with Gasteiger partial charge in [0.1, 0.15) is 6.04 Å². The van der Waals surface area contributed by atoms with Gasteiger partial charge in [-0.1, -0.05) is 11.2 Å². The number of carbonyl (C=O) groups excluding carboxylic acids is 1. The minimum atomic E-state index is -0.335. The Morgan fingerprint density at radius 1 is 1.52 bits per heavy atom. The van der Waals surface area contributed by atoms with E-state index in [0.29, 0.717) is 24.7 Å². The van der Waals surface area contributed by atoms with E-state index in [1.165, 1.54) is 0 Å². The molecule has 0 fully saturated rings. The van der Waals surface area contributed by atoms with Gasteiger partial charge in [-0.3, -0.25) is 9.78 Å². The van der Waals surface area contributed by atoms with Crippen LogP contribution in [0, 0.1) is 0 Å². The fraction of sp³-hybridized carbons (Fsp3) is 0.429. The molecule has 0 bridgehead atoms. The van der Waals surface area contributed by atoms with Crippen molar-refractivity contribution in [1.82, 2.24) is 20.4 Å². The first-order chi connectivity index (χ1) is 10.2. The second kappa shape index (κ2) is 7.49. The fourth-order valence-electron chi connectivity index (χ4n) is 1.78. The SMILES string of the molecule is COCCc1noc([C@H](C)NC(=O)Cc2cccnc2)n1. The molecule has 7 nitrogen and oxygen atoms in total. The lowest BCUT2D eigenvalue weighted by molar-refractivity contribution is -0.121. The van der Waals surface area contributed by atoms with E-state index in [-0.39, 0.29) is 18.4 Å². The quantitative estimate of drug-likeness (QED) is 0.820. The number of rotatable bonds is 7. The topological polar surface area (TPSA) is 90.1 Å². The van der Waals surface area contributed by atoms with Gasteiger partial charge in [-0.25, -0.2) is 0 Å². The van der Waals surface area contributed by atoms with Gasteiger partial charge in [-0.05, 0) is 18.6 Å². The summed E-state index contributed by atoms with van der Waals surface area (Å²) in [6, 6.07) is 3.32. The molecule has 0 unspecified atom stereocenters. The summed E-state index contributed by atoms with van der Waals surface area (Å²) in [4.78, 5) is 20.1. The molecular weight excluding hydrogens is 272 g/mol. The smallest absolute Gasteiger partial charge is 0.248 e. The highest BCUT2D eigenvalue weighted by molar-refractivity contribution is 5.78. The van der Waals surface area contributed by atoms with Crippen molar-refractivity contribution in [1.29, 1.82) is 0 Å². The van der Waals surface area contributed by atoms with Crippen LogP contribution in [-0.4, -0.2) is 34.7 Å². The van der Waals surface area contributed by atoms with Crippen LogP contribution in [0.25, 0.3) is 0 Å². The molecule has 2 aromatic rings. The maximum atomic E-state index is 11.9. The van der Waals surface area contributed by atoms with Gasteiger partial charge >= 0.3 is 0 Å². The van der Waals surface area contributed by atoms with Crippen molar-refractivity contribution < 1.29 is 14.1 Å². The molecule has 1 atom stereocenters. The van der Waals surface area contributed by atoms with Crippen molar-refractivity contribution in [3.8, 4) is 0 Å². The molecule has 2 aromatic heterocycles. The van der Waals surface area contributed by atoms with E-state index in [1.54, 1.807) is 32.5 Å². The Kier molecular flexibility index (Phi) is 5.39. The van der Waals surface area contributed by atoms with Crippen molar-refractivity contribution in [2.45, 2.75) is 25.8 Å². The Morgan fingerprint density at radius 3 is 3.10 bits per heavy atom. The minimum Gasteiger partial charge on any atom is -0.384 e. The number of amides is 1. The molecule has 0 aliphatic carbocycles. The monoisotopic (exact) mass is 290 g/mol. The summed E-state index contributed by atoms with van der Waals surface area (Å²) in [6.07, 6.45) is 4.18. The third kappa shape index (κ3) is 4.64. The molecule has 112 valence electrons. The number of hydrogen-bond acceptors (Lipinski definition) is 6. The lowest BCUT2D eigenvalue weighted by Gasteiger charge is -2.09. The highest BCUT2D eigenvalue weighted by Gasteiger charge is 2.16. The Morgan fingerprint density at radius 2 is 2.38 bits per heavy atom. The standard InChI is InChI=1S/C14H18N4O3/c1-10(14-17-12(18-21-14)5-7-20-2)16-13(19)8-11-4-3-6-15-9-11/h3-4,6,9-10H,5,7-8H2,1-2H3,(H,16,19)/t10-/m0/s1. The Labute approximate surface area is 122 Å². The number of nitrogens with zero attached hydrogens (tertiary/aromatic N) is 3. The molecule has 2 rings (SSSR count). The number of methoxy groups -OCH3 is 1. The maximum Gasteiger partial charge on any atom is 0.248 e. The third-order valence-corrected chi connectivity index (χ3v) is 2.85. The van der Waals surface area contributed by atoms with Gasteiger partial charge in [-0.2, -0.15) is 4.98 Å². The number of aromatic nitrogens is 3. The molecular formula is C14H18N4O3. The summed E-state index contributed by atoms with van der Waals surface area (Å²) in [5, 5.41) is 6.66. The molecule has 2 heterocycles. The predicted octanol–water partition coefficient (Wildman–Crippen LogP) is 1.07. The predicted molar refractivity (Wildman–Crippen MR) is 74.4 cm³/mol. The number of carbonyl (C=O) groups is 1. The van der Waals surface area contributed by atoms with Gasteiger partial charge in [0, 0.05) is 25.9 Å². The zero-order valence-electron chi connectivity index (χ0n) is 12.1. The van der Waals surface area contributed by atoms with E-state index in [9.17, 15) is 4.79 Å². The molecule has 0 aromatic carbocycles. The summed E-state index contributed by atoms with van der Waals surface area (Å²) < 4.78 is 10.1. The van der Waals surface area contributed by atoms with Crippen molar-refractivity contribution in [3.63, 3.8) is 0 Å². The van der Waals surface area contributed by atoms with Crippen molar-refractivity contribution in [2.24, 2.45) is 0 Å². The van der Waals surface area contributed by atoms with Crippen LogP contribution < -0.4 is 5.32 Å². The lowest BCUT2D eigenvalue weighted by Crippen LogP contribution is -2.28. The Bertz CT molecular complexity index is 571. The Balaban J connectivity index is 1.87. The molecule has 0 spiro atoms. The van der Waals surface area contributed by atoms with E-state index in [1.807, 2.05) is 6.07 Å². The van der Waals surface area contributed by atoms with E-state index >= 15 is 0 Å². The first-order valence-corrected chi connectivity index (χ1v) is 6.68. The molecule has 0 saturated heterocycles. The van der Waals surface area contributed by atoms with E-state index < -0.39 is 0 Å². The van der Waals surface area contributed by atoms with Gasteiger partial charge in [0.25, 0.3) is 0 Å². The summed E-state index contributed by atoms with van der Waals surface area (Å²) >= 11 is 0. The van der Waals surface area contributed by atoms with Gasteiger partial charge in [-0.15, -0.1) is 0 Å². The highest BCUT2D eigenvalue weighted by atomic mass is 16.5. The molecule has 7 heteroatoms. The van der Waals surface area contributed by atoms with Crippen molar-refractivity contribution in [3.05, 3.63) is 41.8 Å². The molecule has 0 saturated carbocycles. The van der Waals surface area contributed by atoms with Crippen LogP contribution in [0.2, 0.25) is 0 Å². The van der Waals surface area contributed by atoms with Crippen LogP contribution in [-0.2, 0) is 22.4 Å². The number of hydrogen-bond donors (Lipinski definition) is 1. The number of ether oxygens (including phenoxy) is 1. The third-order valence-electron chi connectivity index (χ3n) is 2.85. The van der Waals surface area contributed by atoms with Crippen molar-refractivity contribution in [2.75, 3.05) is 13.7 Å². The summed E-state index contributed by atoms with van der Waals surface area (Å²) in [7, 11) is 1.61. The second-order valence-corrected chi connectivity index (χ2v) is 4.62. The van der Waals surface area contributed by atoms with Gasteiger partial charge in [0.2, 0.25) is 11.8 Å². The fourth-order valence-corrected chi connectivity index (χ4v) is 1.78. The minimum absolute atomic E-state index is 0.118. The van der Waals surface area contributed by atoms with Crippen LogP contribution in [0.3, 0.4) is 0 Å². The molecule has 1 amide bonds. The van der Waals surface area contributed by atoms with E-state index in [4.69, 9.17) is 9.26 Å². The van der Waals surface area contributed by atoms with E-state index in [0.717, 1.165) is 5.56 Å². The Hall–Kier alpha value is -2.28. The number of nitrogens with one attached hydrogen (secondary N) is 1. The van der Waals surface area contributed by atoms with Crippen LogP contribution in [0.5, 0.6) is 0 Å². The normalized spacial score (nSPS) is 12.1. The molecule has 0 radical (unpaired) electrons. The molecule has 0 aliphatic heterocycles. The summed E-state index contributed by atoms with van der Waals surface area (Å²) in [6.45, 7) is 2.33. The molecule has 0 aliphatic rings. The highest BCUT2D eigenvalue weighted by Crippen LogP contribution is 2.10. The maximum absolute atomic E-state index is 11.9. The van der Waals surface area contributed by atoms with Crippen LogP contribution >= 0.6 is 0 Å². The second-order valence-electron chi connectivity index (χ2n) is 4.62. The first-order valence-electron chi connectivity index (χ1n) is 6.68. The molecule has 21 heavy (non-hydrogen) atoms. The van der Waals surface area contributed by atoms with Crippen molar-refractivity contribution >= 4 is 5.91 Å². The average molecular weight is 290 g/mol. The van der Waals surface area contributed by atoms with Crippen LogP contribution in [0.1, 0.15) is 30.2 Å². The van der Waals surface area contributed by atoms with Gasteiger partial charge in [0.05, 0.1) is 13.0 Å². The first kappa shape index (κ1) is 15.1. The number of pyridine rings is 1.